The van der Waals surface area contributed by atoms with Gasteiger partial charge in [0.25, 0.3) is 17.7 Å². The second kappa shape index (κ2) is 7.22. The molecule has 0 unspecified atom stereocenters. The number of benzene rings is 5. The molecule has 9 nitrogen and oxygen atoms in total. The van der Waals surface area contributed by atoms with Crippen LogP contribution in [0, 0.1) is 5.41 Å². The summed E-state index contributed by atoms with van der Waals surface area (Å²) in [6.45, 7) is 0. The molecule has 0 saturated carbocycles. The van der Waals surface area contributed by atoms with Crippen LogP contribution in [0.2, 0.25) is 0 Å². The zero-order valence-corrected chi connectivity index (χ0v) is 19.1. The van der Waals surface area contributed by atoms with Gasteiger partial charge < -0.3 is 15.7 Å². The summed E-state index contributed by atoms with van der Waals surface area (Å²) in [4.78, 5) is 52.4. The lowest BCUT2D eigenvalue weighted by atomic mass is 9.81. The lowest BCUT2D eigenvalue weighted by molar-refractivity contribution is 0.0697. The molecule has 6 rings (SSSR count). The van der Waals surface area contributed by atoms with Crippen molar-refractivity contribution in [2.45, 2.75) is 0 Å². The van der Waals surface area contributed by atoms with Crippen molar-refractivity contribution in [3.05, 3.63) is 70.3 Å². The fourth-order valence-electron chi connectivity index (χ4n) is 5.44. The largest absolute Gasteiger partial charge is 0.478 e. The monoisotopic (exact) mass is 478 g/mol. The summed E-state index contributed by atoms with van der Waals surface area (Å²) in [6.07, 6.45) is 0. The lowest BCUT2D eigenvalue weighted by Gasteiger charge is -2.24. The fraction of sp³-hybridized carbons (Fsp3) is 0.0741. The number of carbonyl (C=O) groups excluding carboxylic acids is 3. The molecule has 0 aliphatic carbocycles. The summed E-state index contributed by atoms with van der Waals surface area (Å²) in [7, 11) is 2.93. The molecular weight excluding hydrogens is 460 g/mol. The number of nitrogens with one attached hydrogen (secondary N) is 4. The van der Waals surface area contributed by atoms with Crippen LogP contribution in [-0.2, 0) is 0 Å². The molecule has 5 aromatic rings. The summed E-state index contributed by atoms with van der Waals surface area (Å²) in [5.74, 6) is -3.33. The Morgan fingerprint density at radius 2 is 1.50 bits per heavy atom. The minimum Gasteiger partial charge on any atom is -0.478 e. The van der Waals surface area contributed by atoms with E-state index in [4.69, 9.17) is 5.41 Å². The first kappa shape index (κ1) is 21.5. The first-order chi connectivity index (χ1) is 17.3. The summed E-state index contributed by atoms with van der Waals surface area (Å²) in [5.41, 5.74) is 0.278. The van der Waals surface area contributed by atoms with Crippen molar-refractivity contribution in [3.63, 3.8) is 0 Å². The molecule has 0 radical (unpaired) electrons. The molecular formula is C27H18N4O5. The van der Waals surface area contributed by atoms with E-state index in [1.807, 2.05) is 6.07 Å². The number of fused-ring (bicyclic) bond motifs is 2. The Morgan fingerprint density at radius 3 is 2.19 bits per heavy atom. The van der Waals surface area contributed by atoms with Crippen molar-refractivity contribution in [2.75, 3.05) is 14.1 Å². The normalized spacial score (nSPS) is 12.9. The average Bonchev–Trinajstić information content (AvgIpc) is 2.88. The van der Waals surface area contributed by atoms with E-state index >= 15 is 0 Å². The van der Waals surface area contributed by atoms with Crippen LogP contribution in [0.25, 0.3) is 43.1 Å². The maximum atomic E-state index is 13.4. The van der Waals surface area contributed by atoms with Crippen molar-refractivity contribution in [2.24, 2.45) is 0 Å². The van der Waals surface area contributed by atoms with Gasteiger partial charge in [-0.05, 0) is 50.5 Å². The molecule has 3 amide bonds. The number of carboxylic acids is 1. The van der Waals surface area contributed by atoms with E-state index in [1.165, 1.54) is 26.2 Å². The number of carbonyl (C=O) groups is 4. The van der Waals surface area contributed by atoms with E-state index in [0.717, 1.165) is 0 Å². The molecule has 1 aliphatic heterocycles. The molecule has 5 N–H and O–H groups in total. The van der Waals surface area contributed by atoms with Gasteiger partial charge in [-0.15, -0.1) is 0 Å². The number of hydrogen-bond acceptors (Lipinski definition) is 5. The molecule has 0 spiro atoms. The van der Waals surface area contributed by atoms with Gasteiger partial charge in [0.05, 0.1) is 16.7 Å². The second-order valence-electron chi connectivity index (χ2n) is 8.62. The van der Waals surface area contributed by atoms with E-state index in [1.54, 1.807) is 24.3 Å². The summed E-state index contributed by atoms with van der Waals surface area (Å²) < 4.78 is 0. The predicted molar refractivity (Wildman–Crippen MR) is 136 cm³/mol. The lowest BCUT2D eigenvalue weighted by Crippen LogP contribution is -2.33. The Kier molecular flexibility index (Phi) is 4.31. The third-order valence-corrected chi connectivity index (χ3v) is 6.93. The zero-order chi connectivity index (χ0) is 25.5. The molecule has 36 heavy (non-hydrogen) atoms. The number of carboxylic acid groups (broad SMARTS) is 1. The van der Waals surface area contributed by atoms with Gasteiger partial charge in [-0.3, -0.25) is 25.1 Å². The van der Waals surface area contributed by atoms with Crippen LogP contribution in [0.1, 0.15) is 47.0 Å². The summed E-state index contributed by atoms with van der Waals surface area (Å²) in [6, 6.07) is 11.5. The summed E-state index contributed by atoms with van der Waals surface area (Å²) >= 11 is 0. The van der Waals surface area contributed by atoms with E-state index in [9.17, 15) is 24.3 Å². The minimum atomic E-state index is -1.20. The Morgan fingerprint density at radius 1 is 0.778 bits per heavy atom. The molecule has 6 bridgehead atoms. The van der Waals surface area contributed by atoms with Gasteiger partial charge in [0.1, 0.15) is 5.84 Å². The van der Waals surface area contributed by atoms with E-state index in [2.05, 4.69) is 16.0 Å². The van der Waals surface area contributed by atoms with Crippen molar-refractivity contribution in [3.8, 4) is 0 Å². The van der Waals surface area contributed by atoms with Crippen molar-refractivity contribution < 1.29 is 24.3 Å². The van der Waals surface area contributed by atoms with Crippen LogP contribution in [0.5, 0.6) is 0 Å². The second-order valence-corrected chi connectivity index (χ2v) is 8.62. The quantitative estimate of drug-likeness (QED) is 0.0884. The van der Waals surface area contributed by atoms with Gasteiger partial charge in [0.2, 0.25) is 0 Å². The van der Waals surface area contributed by atoms with Gasteiger partial charge in [0.15, 0.2) is 0 Å². The highest BCUT2D eigenvalue weighted by molar-refractivity contribution is 6.41. The first-order valence-corrected chi connectivity index (χ1v) is 11.1. The van der Waals surface area contributed by atoms with Crippen LogP contribution in [0.4, 0.5) is 0 Å². The van der Waals surface area contributed by atoms with Crippen LogP contribution >= 0.6 is 0 Å². The first-order valence-electron chi connectivity index (χ1n) is 11.1. The SMILES string of the molecule is CNC(=N)c1cc(C(=O)O)c2c3ccc4c5cccc(c6cc(c(C(=O)NC)c1c62)C(=O)NC4=O)c53. The highest BCUT2D eigenvalue weighted by Gasteiger charge is 2.31. The van der Waals surface area contributed by atoms with Gasteiger partial charge in [-0.2, -0.15) is 0 Å². The van der Waals surface area contributed by atoms with Crippen LogP contribution in [0.15, 0.2) is 42.5 Å². The highest BCUT2D eigenvalue weighted by Crippen LogP contribution is 2.45. The zero-order valence-electron chi connectivity index (χ0n) is 19.1. The van der Waals surface area contributed by atoms with Crippen LogP contribution in [-0.4, -0.2) is 48.7 Å². The molecule has 1 heterocycles. The number of amidine groups is 1. The van der Waals surface area contributed by atoms with Crippen molar-refractivity contribution in [1.82, 2.24) is 16.0 Å². The molecule has 0 fully saturated rings. The van der Waals surface area contributed by atoms with Crippen molar-refractivity contribution in [1.29, 1.82) is 5.41 Å². The molecule has 9 heteroatoms. The number of amides is 3. The molecule has 5 aromatic carbocycles. The number of imide groups is 1. The Labute approximate surface area is 202 Å². The molecule has 0 atom stereocenters. The number of rotatable bonds is 3. The molecule has 0 aromatic heterocycles. The Bertz CT molecular complexity index is 1890. The maximum absolute atomic E-state index is 13.4. The third kappa shape index (κ3) is 2.56. The number of aromatic carboxylic acids is 1. The van der Waals surface area contributed by atoms with E-state index in [0.29, 0.717) is 37.7 Å². The summed E-state index contributed by atoms with van der Waals surface area (Å²) in [5, 5.41) is 30.7. The Balaban J connectivity index is 2.09. The molecule has 176 valence electrons. The Hall–Kier alpha value is -5.05. The third-order valence-electron chi connectivity index (χ3n) is 6.93. The topological polar surface area (TPSA) is 148 Å². The van der Waals surface area contributed by atoms with Crippen LogP contribution < -0.4 is 16.0 Å². The van der Waals surface area contributed by atoms with Crippen LogP contribution in [0.3, 0.4) is 0 Å². The predicted octanol–water partition coefficient (Wildman–Crippen LogP) is 3.22. The highest BCUT2D eigenvalue weighted by atomic mass is 16.4. The van der Waals surface area contributed by atoms with Crippen molar-refractivity contribution >= 4 is 72.6 Å². The van der Waals surface area contributed by atoms with Gasteiger partial charge in [-0.1, -0.05) is 24.3 Å². The molecule has 0 saturated heterocycles. The van der Waals surface area contributed by atoms with E-state index < -0.39 is 23.7 Å². The number of hydrogen-bond donors (Lipinski definition) is 5. The standard InChI is InChI=1S/C27H18N4O5/c1-29-23(28)15-9-17(27(35)36)19-13-7-6-12-10-4-3-5-11(18(10)13)14-8-16(25(33)31-24(12)32)22(26(34)30-2)21(15)20(14)19/h3-9H,1-2H3,(H2,28,29)(H,30,34)(H,35,36)(H,31,32,33). The average molecular weight is 478 g/mol. The van der Waals surface area contributed by atoms with E-state index in [-0.39, 0.29) is 39.0 Å². The van der Waals surface area contributed by atoms with Gasteiger partial charge >= 0.3 is 5.97 Å². The van der Waals surface area contributed by atoms with Gasteiger partial charge in [-0.25, -0.2) is 4.79 Å². The maximum Gasteiger partial charge on any atom is 0.336 e. The molecule has 1 aliphatic rings. The smallest absolute Gasteiger partial charge is 0.336 e. The minimum absolute atomic E-state index is 0.0413. The van der Waals surface area contributed by atoms with Gasteiger partial charge in [0, 0.05) is 36.0 Å². The fourth-order valence-corrected chi connectivity index (χ4v) is 5.44.